The molecule has 2 saturated heterocycles. The molecule has 2 fully saturated rings. The van der Waals surface area contributed by atoms with Crippen LogP contribution >= 0.6 is 0 Å². The molecule has 2 amide bonds. The van der Waals surface area contributed by atoms with Crippen molar-refractivity contribution in [3.63, 3.8) is 0 Å². The second-order valence-electron chi connectivity index (χ2n) is 10.6. The van der Waals surface area contributed by atoms with Crippen LogP contribution in [0.15, 0.2) is 35.3 Å². The summed E-state index contributed by atoms with van der Waals surface area (Å²) in [5.74, 6) is -0.534. The van der Waals surface area contributed by atoms with Crippen LogP contribution in [0.2, 0.25) is 0 Å². The van der Waals surface area contributed by atoms with Crippen molar-refractivity contribution in [3.05, 3.63) is 63.1 Å². The first-order valence-corrected chi connectivity index (χ1v) is 14.0. The van der Waals surface area contributed by atoms with Crippen molar-refractivity contribution in [1.29, 1.82) is 0 Å². The lowest BCUT2D eigenvalue weighted by atomic mass is 9.97. The molecule has 0 aliphatic carbocycles. The Bertz CT molecular complexity index is 1300. The maximum absolute atomic E-state index is 13.6. The van der Waals surface area contributed by atoms with Crippen molar-refractivity contribution >= 4 is 17.7 Å². The largest absolute Gasteiger partial charge is 0.449 e. The van der Waals surface area contributed by atoms with E-state index in [-0.39, 0.29) is 28.8 Å². The highest BCUT2D eigenvalue weighted by atomic mass is 19.4. The van der Waals surface area contributed by atoms with Crippen LogP contribution in [0, 0.1) is 6.92 Å². The molecule has 1 atom stereocenters. The van der Waals surface area contributed by atoms with Gasteiger partial charge in [0.25, 0.3) is 11.5 Å². The molecule has 0 spiro atoms. The van der Waals surface area contributed by atoms with E-state index in [1.165, 1.54) is 34.7 Å². The number of hydrogen-bond acceptors (Lipinski definition) is 6. The third kappa shape index (κ3) is 7.22. The average molecular weight is 579 g/mol. The zero-order chi connectivity index (χ0) is 29.7. The van der Waals surface area contributed by atoms with Crippen LogP contribution < -0.4 is 16.2 Å². The number of pyridine rings is 1. The molecule has 0 radical (unpaired) electrons. The minimum Gasteiger partial charge on any atom is -0.449 e. The molecule has 4 rings (SSSR count). The predicted octanol–water partition coefficient (Wildman–Crippen LogP) is 5.05. The molecule has 0 saturated carbocycles. The van der Waals surface area contributed by atoms with Gasteiger partial charge in [-0.05, 0) is 50.3 Å². The lowest BCUT2D eigenvalue weighted by Crippen LogP contribution is -2.57. The van der Waals surface area contributed by atoms with Gasteiger partial charge in [-0.1, -0.05) is 25.5 Å². The van der Waals surface area contributed by atoms with E-state index >= 15 is 0 Å². The minimum atomic E-state index is -4.51. The lowest BCUT2D eigenvalue weighted by molar-refractivity contribution is -0.138. The second-order valence-corrected chi connectivity index (χ2v) is 10.6. The number of halogens is 3. The number of carbonyl (C=O) groups excluding carboxylic acids is 2. The fraction of sp³-hybridized carbons (Fsp3) is 0.552. The second kappa shape index (κ2) is 13.0. The van der Waals surface area contributed by atoms with Gasteiger partial charge in [0, 0.05) is 44.6 Å². The van der Waals surface area contributed by atoms with Crippen molar-refractivity contribution in [2.75, 3.05) is 38.2 Å². The summed E-state index contributed by atoms with van der Waals surface area (Å²) in [7, 11) is 0. The molecule has 1 aromatic heterocycles. The smallest absolute Gasteiger partial charge is 0.416 e. The molecule has 2 N–H and O–H groups in total. The van der Waals surface area contributed by atoms with E-state index in [1.807, 2.05) is 6.92 Å². The number of benzene rings is 1. The van der Waals surface area contributed by atoms with Gasteiger partial charge in [0.15, 0.2) is 0 Å². The molecule has 9 nitrogen and oxygen atoms in total. The SMILES string of the molecule is CCCCOC(=O)N1CC(Nc2cc(=O)n(C3CCOCC3)cc2C(=O)N[C@H](C)c2cccc(C(F)(F)F)c2C)C1. The molecule has 2 aliphatic rings. The number of rotatable bonds is 9. The number of nitrogens with one attached hydrogen (secondary N) is 2. The maximum Gasteiger partial charge on any atom is 0.416 e. The van der Waals surface area contributed by atoms with Crippen LogP contribution in [-0.4, -0.2) is 60.4 Å². The first-order chi connectivity index (χ1) is 19.5. The molecule has 0 bridgehead atoms. The van der Waals surface area contributed by atoms with Crippen molar-refractivity contribution in [2.24, 2.45) is 0 Å². The molecular formula is C29H37F3N4O5. The summed E-state index contributed by atoms with van der Waals surface area (Å²) in [6, 6.07) is 4.17. The van der Waals surface area contributed by atoms with Crippen LogP contribution in [-0.2, 0) is 15.7 Å². The Balaban J connectivity index is 1.55. The van der Waals surface area contributed by atoms with Crippen LogP contribution in [0.3, 0.4) is 0 Å². The molecule has 224 valence electrons. The number of carbonyl (C=O) groups is 2. The molecule has 3 heterocycles. The van der Waals surface area contributed by atoms with Gasteiger partial charge in [-0.25, -0.2) is 4.79 Å². The number of alkyl halides is 3. The van der Waals surface area contributed by atoms with E-state index in [2.05, 4.69) is 10.6 Å². The van der Waals surface area contributed by atoms with E-state index in [1.54, 1.807) is 13.0 Å². The normalized spacial score (nSPS) is 17.1. The third-order valence-electron chi connectivity index (χ3n) is 7.63. The van der Waals surface area contributed by atoms with Crippen molar-refractivity contribution < 1.29 is 32.2 Å². The number of ether oxygens (including phenoxy) is 2. The minimum absolute atomic E-state index is 0.0405. The number of anilines is 1. The standard InChI is InChI=1S/C29H37F3N4O5/c1-4-5-11-41-28(39)35-15-20(16-35)34-25-14-26(37)36(21-9-12-40-13-10-21)17-23(25)27(38)33-19(3)22-7-6-8-24(18(22)2)29(30,31)32/h6-8,14,17,19-21,34H,4-5,9-13,15-16H2,1-3H3,(H,33,38)/t19-/m1/s1. The molecule has 2 aliphatic heterocycles. The van der Waals surface area contributed by atoms with Gasteiger partial charge in [0.2, 0.25) is 0 Å². The molecule has 0 unspecified atom stereocenters. The monoisotopic (exact) mass is 578 g/mol. The Hall–Kier alpha value is -3.54. The van der Waals surface area contributed by atoms with Crippen molar-refractivity contribution in [1.82, 2.24) is 14.8 Å². The van der Waals surface area contributed by atoms with E-state index < -0.39 is 29.8 Å². The highest BCUT2D eigenvalue weighted by molar-refractivity contribution is 5.99. The summed E-state index contributed by atoms with van der Waals surface area (Å²) >= 11 is 0. The first kappa shape index (κ1) is 30.4. The molecular weight excluding hydrogens is 541 g/mol. The van der Waals surface area contributed by atoms with Crippen LogP contribution in [0.25, 0.3) is 0 Å². The molecule has 1 aromatic carbocycles. The zero-order valence-corrected chi connectivity index (χ0v) is 23.6. The topological polar surface area (TPSA) is 102 Å². The van der Waals surface area contributed by atoms with Gasteiger partial charge in [-0.3, -0.25) is 9.59 Å². The van der Waals surface area contributed by atoms with E-state index in [9.17, 15) is 27.6 Å². The Kier molecular flexibility index (Phi) is 9.62. The van der Waals surface area contributed by atoms with Gasteiger partial charge >= 0.3 is 12.3 Å². The van der Waals surface area contributed by atoms with Gasteiger partial charge in [-0.2, -0.15) is 13.2 Å². The van der Waals surface area contributed by atoms with Crippen LogP contribution in [0.5, 0.6) is 0 Å². The van der Waals surface area contributed by atoms with Crippen molar-refractivity contribution in [2.45, 2.75) is 70.8 Å². The predicted molar refractivity (Wildman–Crippen MR) is 147 cm³/mol. The van der Waals surface area contributed by atoms with Crippen LogP contribution in [0.4, 0.5) is 23.7 Å². The fourth-order valence-electron chi connectivity index (χ4n) is 5.21. The number of amides is 2. The molecule has 41 heavy (non-hydrogen) atoms. The Labute approximate surface area is 237 Å². The molecule has 12 heteroatoms. The van der Waals surface area contributed by atoms with Gasteiger partial charge in [0.05, 0.1) is 35.5 Å². The fourth-order valence-corrected chi connectivity index (χ4v) is 5.21. The maximum atomic E-state index is 13.6. The molecule has 2 aromatic rings. The number of likely N-dealkylation sites (tertiary alicyclic amines) is 1. The summed E-state index contributed by atoms with van der Waals surface area (Å²) in [6.45, 7) is 7.03. The van der Waals surface area contributed by atoms with Gasteiger partial charge in [-0.15, -0.1) is 0 Å². The third-order valence-corrected chi connectivity index (χ3v) is 7.63. The number of aromatic nitrogens is 1. The van der Waals surface area contributed by atoms with E-state index in [4.69, 9.17) is 9.47 Å². The summed E-state index contributed by atoms with van der Waals surface area (Å²) in [5.41, 5.74) is -0.165. The Morgan fingerprint density at radius 1 is 1.20 bits per heavy atom. The first-order valence-electron chi connectivity index (χ1n) is 14.0. The summed E-state index contributed by atoms with van der Waals surface area (Å²) in [4.78, 5) is 40.4. The van der Waals surface area contributed by atoms with E-state index in [0.717, 1.165) is 18.9 Å². The summed E-state index contributed by atoms with van der Waals surface area (Å²) in [5, 5.41) is 6.02. The average Bonchev–Trinajstić information content (AvgIpc) is 2.90. The Morgan fingerprint density at radius 2 is 1.90 bits per heavy atom. The number of nitrogens with zero attached hydrogens (tertiary/aromatic N) is 2. The van der Waals surface area contributed by atoms with E-state index in [0.29, 0.717) is 57.0 Å². The lowest BCUT2D eigenvalue weighted by Gasteiger charge is -2.39. The number of hydrogen-bond donors (Lipinski definition) is 2. The highest BCUT2D eigenvalue weighted by Crippen LogP contribution is 2.34. The Morgan fingerprint density at radius 3 is 2.56 bits per heavy atom. The van der Waals surface area contributed by atoms with Crippen LogP contribution in [0.1, 0.15) is 78.7 Å². The zero-order valence-electron chi connectivity index (χ0n) is 23.6. The summed E-state index contributed by atoms with van der Waals surface area (Å²) < 4.78 is 52.6. The quantitative estimate of drug-likeness (QED) is 0.404. The summed E-state index contributed by atoms with van der Waals surface area (Å²) in [6.07, 6.45) is -0.489. The number of unbranched alkanes of at least 4 members (excludes halogenated alkanes) is 1. The van der Waals surface area contributed by atoms with Gasteiger partial charge in [0.1, 0.15) is 0 Å². The van der Waals surface area contributed by atoms with Gasteiger partial charge < -0.3 is 29.6 Å². The van der Waals surface area contributed by atoms with Crippen molar-refractivity contribution in [3.8, 4) is 0 Å². The highest BCUT2D eigenvalue weighted by Gasteiger charge is 2.35.